The van der Waals surface area contributed by atoms with Crippen LogP contribution in [0.3, 0.4) is 0 Å². The second-order valence-corrected chi connectivity index (χ2v) is 6.56. The van der Waals surface area contributed by atoms with Gasteiger partial charge in [0.25, 0.3) is 0 Å². The molecule has 0 unspecified atom stereocenters. The number of rotatable bonds is 5. The van der Waals surface area contributed by atoms with Crippen LogP contribution >= 0.6 is 0 Å². The third-order valence-electron chi connectivity index (χ3n) is 4.27. The van der Waals surface area contributed by atoms with Crippen molar-refractivity contribution in [1.82, 2.24) is 9.88 Å². The van der Waals surface area contributed by atoms with Gasteiger partial charge in [0.05, 0.1) is 5.69 Å². The molecule has 0 radical (unpaired) electrons. The third-order valence-corrected chi connectivity index (χ3v) is 4.27. The highest BCUT2D eigenvalue weighted by atomic mass is 16.5. The molecular formula is C19H24N2O2. The third kappa shape index (κ3) is 4.30. The fourth-order valence-corrected chi connectivity index (χ4v) is 2.96. The predicted molar refractivity (Wildman–Crippen MR) is 90.5 cm³/mol. The molecule has 23 heavy (non-hydrogen) atoms. The lowest BCUT2D eigenvalue weighted by atomic mass is 10.1. The lowest BCUT2D eigenvalue weighted by Crippen LogP contribution is -2.39. The summed E-state index contributed by atoms with van der Waals surface area (Å²) in [5, 5.41) is 10.7. The standard InChI is InChI=1S/C19H24N2O2/c1-15-6-8-18(9-7-15)23-14-19(22)10-11-21(13-19)12-17-5-3-4-16(2)20-17/h3-9,22H,10-14H2,1-2H3/t19-/m1/s1. The first kappa shape index (κ1) is 16.0. The number of aliphatic hydroxyl groups is 1. The molecule has 0 bridgehead atoms. The van der Waals surface area contributed by atoms with E-state index in [9.17, 15) is 5.11 Å². The molecule has 1 fully saturated rings. The second kappa shape index (κ2) is 6.69. The van der Waals surface area contributed by atoms with Gasteiger partial charge in [-0.1, -0.05) is 23.8 Å². The maximum atomic E-state index is 10.7. The minimum atomic E-state index is -0.783. The van der Waals surface area contributed by atoms with Gasteiger partial charge in [0.1, 0.15) is 18.0 Å². The van der Waals surface area contributed by atoms with Gasteiger partial charge >= 0.3 is 0 Å². The largest absolute Gasteiger partial charge is 0.491 e. The minimum absolute atomic E-state index is 0.327. The van der Waals surface area contributed by atoms with E-state index in [1.807, 2.05) is 56.3 Å². The van der Waals surface area contributed by atoms with Crippen LogP contribution in [-0.4, -0.2) is 40.3 Å². The van der Waals surface area contributed by atoms with Gasteiger partial charge in [-0.2, -0.15) is 0 Å². The summed E-state index contributed by atoms with van der Waals surface area (Å²) in [7, 11) is 0. The van der Waals surface area contributed by atoms with Gasteiger partial charge in [-0.05, 0) is 44.5 Å². The quantitative estimate of drug-likeness (QED) is 0.922. The number of likely N-dealkylation sites (tertiary alicyclic amines) is 1. The Morgan fingerprint density at radius 1 is 1.17 bits per heavy atom. The smallest absolute Gasteiger partial charge is 0.119 e. The van der Waals surface area contributed by atoms with Crippen LogP contribution in [0.2, 0.25) is 0 Å². The van der Waals surface area contributed by atoms with Crippen LogP contribution in [-0.2, 0) is 6.54 Å². The lowest BCUT2D eigenvalue weighted by Gasteiger charge is -2.23. The molecule has 4 heteroatoms. The summed E-state index contributed by atoms with van der Waals surface area (Å²) in [6, 6.07) is 14.0. The number of hydrogen-bond donors (Lipinski definition) is 1. The van der Waals surface area contributed by atoms with Crippen LogP contribution in [0.4, 0.5) is 0 Å². The molecule has 4 nitrogen and oxygen atoms in total. The zero-order valence-corrected chi connectivity index (χ0v) is 13.8. The Labute approximate surface area is 137 Å². The highest BCUT2D eigenvalue weighted by Crippen LogP contribution is 2.24. The highest BCUT2D eigenvalue weighted by molar-refractivity contribution is 5.26. The fourth-order valence-electron chi connectivity index (χ4n) is 2.96. The van der Waals surface area contributed by atoms with Gasteiger partial charge < -0.3 is 9.84 Å². The number of pyridine rings is 1. The van der Waals surface area contributed by atoms with E-state index in [0.29, 0.717) is 13.2 Å². The molecule has 1 aromatic heterocycles. The molecule has 0 amide bonds. The lowest BCUT2D eigenvalue weighted by molar-refractivity contribution is 0.00330. The maximum Gasteiger partial charge on any atom is 0.119 e. The molecule has 1 aliphatic rings. The van der Waals surface area contributed by atoms with E-state index in [1.165, 1.54) is 5.56 Å². The first-order chi connectivity index (χ1) is 11.0. The average molecular weight is 312 g/mol. The highest BCUT2D eigenvalue weighted by Gasteiger charge is 2.36. The van der Waals surface area contributed by atoms with Gasteiger partial charge in [-0.25, -0.2) is 0 Å². The van der Waals surface area contributed by atoms with Crippen molar-refractivity contribution in [3.63, 3.8) is 0 Å². The van der Waals surface area contributed by atoms with E-state index in [2.05, 4.69) is 9.88 Å². The average Bonchev–Trinajstić information content (AvgIpc) is 2.88. The fraction of sp³-hybridized carbons (Fsp3) is 0.421. The normalized spacial score (nSPS) is 21.5. The number of β-amino-alcohol motifs (C(OH)–C–C–N with tert-alkyl or cyclic N) is 1. The first-order valence-corrected chi connectivity index (χ1v) is 8.09. The van der Waals surface area contributed by atoms with Crippen molar-refractivity contribution in [1.29, 1.82) is 0 Å². The molecular weight excluding hydrogens is 288 g/mol. The van der Waals surface area contributed by atoms with Crippen molar-refractivity contribution < 1.29 is 9.84 Å². The molecule has 1 atom stereocenters. The number of ether oxygens (including phenoxy) is 1. The van der Waals surface area contributed by atoms with Crippen LogP contribution in [0.5, 0.6) is 5.75 Å². The summed E-state index contributed by atoms with van der Waals surface area (Å²) in [5.74, 6) is 0.808. The molecule has 1 N–H and O–H groups in total. The molecule has 0 aliphatic carbocycles. The second-order valence-electron chi connectivity index (χ2n) is 6.56. The summed E-state index contributed by atoms with van der Waals surface area (Å²) < 4.78 is 5.77. The molecule has 2 aromatic rings. The number of aryl methyl sites for hydroxylation is 2. The van der Waals surface area contributed by atoms with Crippen LogP contribution in [0, 0.1) is 13.8 Å². The monoisotopic (exact) mass is 312 g/mol. The Hall–Kier alpha value is -1.91. The summed E-state index contributed by atoms with van der Waals surface area (Å²) >= 11 is 0. The molecule has 3 rings (SSSR count). The van der Waals surface area contributed by atoms with E-state index in [0.717, 1.165) is 36.6 Å². The first-order valence-electron chi connectivity index (χ1n) is 8.09. The van der Waals surface area contributed by atoms with E-state index in [4.69, 9.17) is 4.74 Å². The molecule has 1 saturated heterocycles. The van der Waals surface area contributed by atoms with E-state index < -0.39 is 5.60 Å². The Morgan fingerprint density at radius 2 is 1.96 bits per heavy atom. The summed E-state index contributed by atoms with van der Waals surface area (Å²) in [5.41, 5.74) is 2.50. The summed E-state index contributed by atoms with van der Waals surface area (Å²) in [6.45, 7) is 6.63. The van der Waals surface area contributed by atoms with Crippen molar-refractivity contribution >= 4 is 0 Å². The van der Waals surface area contributed by atoms with Crippen molar-refractivity contribution in [3.05, 3.63) is 59.4 Å². The van der Waals surface area contributed by atoms with Crippen molar-refractivity contribution in [3.8, 4) is 5.75 Å². The molecule has 122 valence electrons. The zero-order valence-electron chi connectivity index (χ0n) is 13.8. The van der Waals surface area contributed by atoms with Gasteiger partial charge in [-0.15, -0.1) is 0 Å². The van der Waals surface area contributed by atoms with Crippen LogP contribution < -0.4 is 4.74 Å². The molecule has 0 saturated carbocycles. The van der Waals surface area contributed by atoms with Crippen molar-refractivity contribution in [2.24, 2.45) is 0 Å². The maximum absolute atomic E-state index is 10.7. The molecule has 0 spiro atoms. The minimum Gasteiger partial charge on any atom is -0.491 e. The Bertz CT molecular complexity index is 657. The van der Waals surface area contributed by atoms with Crippen LogP contribution in [0.1, 0.15) is 23.4 Å². The van der Waals surface area contributed by atoms with E-state index in [-0.39, 0.29) is 0 Å². The van der Waals surface area contributed by atoms with Gasteiger partial charge in [0.2, 0.25) is 0 Å². The van der Waals surface area contributed by atoms with Gasteiger partial charge in [0, 0.05) is 25.3 Å². The predicted octanol–water partition coefficient (Wildman–Crippen LogP) is 2.71. The van der Waals surface area contributed by atoms with Crippen LogP contribution in [0.25, 0.3) is 0 Å². The summed E-state index contributed by atoms with van der Waals surface area (Å²) in [6.07, 6.45) is 0.727. The van der Waals surface area contributed by atoms with Crippen molar-refractivity contribution in [2.75, 3.05) is 19.7 Å². The van der Waals surface area contributed by atoms with Gasteiger partial charge in [-0.3, -0.25) is 9.88 Å². The Kier molecular flexibility index (Phi) is 4.64. The number of benzene rings is 1. The topological polar surface area (TPSA) is 45.6 Å². The molecule has 1 aromatic carbocycles. The molecule has 1 aliphatic heterocycles. The number of nitrogens with zero attached hydrogens (tertiary/aromatic N) is 2. The Balaban J connectivity index is 1.54. The summed E-state index contributed by atoms with van der Waals surface area (Å²) in [4.78, 5) is 6.77. The van der Waals surface area contributed by atoms with E-state index in [1.54, 1.807) is 0 Å². The number of aromatic nitrogens is 1. The molecule has 2 heterocycles. The van der Waals surface area contributed by atoms with Gasteiger partial charge in [0.15, 0.2) is 0 Å². The number of hydrogen-bond acceptors (Lipinski definition) is 4. The van der Waals surface area contributed by atoms with E-state index >= 15 is 0 Å². The SMILES string of the molecule is Cc1ccc(OC[C@@]2(O)CCN(Cc3cccc(C)n3)C2)cc1. The zero-order chi connectivity index (χ0) is 16.3. The van der Waals surface area contributed by atoms with Crippen molar-refractivity contribution in [2.45, 2.75) is 32.4 Å². The Morgan fingerprint density at radius 3 is 2.70 bits per heavy atom. The van der Waals surface area contributed by atoms with Crippen LogP contribution in [0.15, 0.2) is 42.5 Å².